The fourth-order valence-corrected chi connectivity index (χ4v) is 1.45. The Hall–Kier alpha value is -2.18. The monoisotopic (exact) mass is 242 g/mol. The quantitative estimate of drug-likeness (QED) is 0.662. The molecule has 2 rings (SSSR count). The molecule has 1 aromatic heterocycles. The number of nitrogens with zero attached hydrogens (tertiary/aromatic N) is 1. The zero-order valence-electron chi connectivity index (χ0n) is 9.45. The van der Waals surface area contributed by atoms with Crippen molar-refractivity contribution in [3.05, 3.63) is 54.4 Å². The summed E-state index contributed by atoms with van der Waals surface area (Å²) in [4.78, 5) is 15.6. The van der Waals surface area contributed by atoms with E-state index >= 15 is 0 Å². The van der Waals surface area contributed by atoms with Crippen LogP contribution < -0.4 is 10.8 Å². The number of amides is 1. The van der Waals surface area contributed by atoms with Crippen LogP contribution in [0.25, 0.3) is 0 Å². The standard InChI is InChI=1S/C12H11BN2O3/c16-12(9-5-7-14-8-6-9)15-11-3-1-10(2-4-11)13(17)18/h1-8,17-18H,(H,15,16). The predicted molar refractivity (Wildman–Crippen MR) is 68.5 cm³/mol. The third-order valence-electron chi connectivity index (χ3n) is 2.41. The minimum atomic E-state index is -1.50. The molecule has 2 aromatic rings. The summed E-state index contributed by atoms with van der Waals surface area (Å²) in [6.07, 6.45) is 3.08. The van der Waals surface area contributed by atoms with Crippen LogP contribution in [0.5, 0.6) is 0 Å². The summed E-state index contributed by atoms with van der Waals surface area (Å²) in [5, 5.41) is 20.6. The van der Waals surface area contributed by atoms with E-state index in [9.17, 15) is 4.79 Å². The highest BCUT2D eigenvalue weighted by Gasteiger charge is 2.10. The Morgan fingerprint density at radius 2 is 1.67 bits per heavy atom. The van der Waals surface area contributed by atoms with Gasteiger partial charge in [-0.05, 0) is 29.7 Å². The molecule has 0 atom stereocenters. The van der Waals surface area contributed by atoms with Gasteiger partial charge in [0, 0.05) is 23.6 Å². The fourth-order valence-electron chi connectivity index (χ4n) is 1.45. The average Bonchev–Trinajstić information content (AvgIpc) is 2.40. The predicted octanol–water partition coefficient (Wildman–Crippen LogP) is 0.0137. The third kappa shape index (κ3) is 2.94. The lowest BCUT2D eigenvalue weighted by molar-refractivity contribution is 0.102. The summed E-state index contributed by atoms with van der Waals surface area (Å²) < 4.78 is 0. The molecular formula is C12H11BN2O3. The van der Waals surface area contributed by atoms with Crippen molar-refractivity contribution >= 4 is 24.2 Å². The van der Waals surface area contributed by atoms with Crippen LogP contribution in [-0.4, -0.2) is 28.1 Å². The molecule has 0 aliphatic carbocycles. The van der Waals surface area contributed by atoms with Gasteiger partial charge in [0.2, 0.25) is 0 Å². The Morgan fingerprint density at radius 1 is 1.06 bits per heavy atom. The molecule has 0 aliphatic heterocycles. The van der Waals surface area contributed by atoms with Gasteiger partial charge >= 0.3 is 7.12 Å². The van der Waals surface area contributed by atoms with E-state index in [1.165, 1.54) is 12.1 Å². The lowest BCUT2D eigenvalue weighted by Gasteiger charge is -2.06. The van der Waals surface area contributed by atoms with E-state index in [-0.39, 0.29) is 5.91 Å². The lowest BCUT2D eigenvalue weighted by Crippen LogP contribution is -2.29. The summed E-state index contributed by atoms with van der Waals surface area (Å²) in [5.41, 5.74) is 1.47. The molecule has 6 heteroatoms. The van der Waals surface area contributed by atoms with Gasteiger partial charge in [-0.15, -0.1) is 0 Å². The molecule has 0 spiro atoms. The molecule has 1 heterocycles. The second kappa shape index (κ2) is 5.44. The van der Waals surface area contributed by atoms with Crippen molar-refractivity contribution in [3.8, 4) is 0 Å². The highest BCUT2D eigenvalue weighted by molar-refractivity contribution is 6.58. The number of hydrogen-bond acceptors (Lipinski definition) is 4. The first-order valence-electron chi connectivity index (χ1n) is 5.34. The molecule has 0 unspecified atom stereocenters. The summed E-state index contributed by atoms with van der Waals surface area (Å²) in [5.74, 6) is -0.241. The molecule has 0 saturated carbocycles. The molecule has 3 N–H and O–H groups in total. The number of hydrogen-bond donors (Lipinski definition) is 3. The fraction of sp³-hybridized carbons (Fsp3) is 0. The van der Waals surface area contributed by atoms with Crippen molar-refractivity contribution in [1.82, 2.24) is 4.98 Å². The van der Waals surface area contributed by atoms with Gasteiger partial charge in [0.25, 0.3) is 5.91 Å². The van der Waals surface area contributed by atoms with Crippen molar-refractivity contribution in [2.75, 3.05) is 5.32 Å². The molecule has 1 amide bonds. The van der Waals surface area contributed by atoms with Gasteiger partial charge in [0.1, 0.15) is 0 Å². The van der Waals surface area contributed by atoms with Gasteiger partial charge in [-0.2, -0.15) is 0 Å². The van der Waals surface area contributed by atoms with Gasteiger partial charge in [-0.25, -0.2) is 0 Å². The van der Waals surface area contributed by atoms with Crippen LogP contribution in [0, 0.1) is 0 Å². The molecule has 18 heavy (non-hydrogen) atoms. The lowest BCUT2D eigenvalue weighted by atomic mass is 9.80. The number of aromatic nitrogens is 1. The first-order valence-corrected chi connectivity index (χ1v) is 5.34. The van der Waals surface area contributed by atoms with Gasteiger partial charge < -0.3 is 15.4 Å². The summed E-state index contributed by atoms with van der Waals surface area (Å²) in [6, 6.07) is 9.50. The van der Waals surface area contributed by atoms with Crippen LogP contribution in [0.3, 0.4) is 0 Å². The number of anilines is 1. The molecule has 0 fully saturated rings. The normalized spacial score (nSPS) is 9.89. The zero-order valence-corrected chi connectivity index (χ0v) is 9.45. The highest BCUT2D eigenvalue weighted by Crippen LogP contribution is 2.07. The van der Waals surface area contributed by atoms with Crippen molar-refractivity contribution in [1.29, 1.82) is 0 Å². The van der Waals surface area contributed by atoms with Crippen LogP contribution in [-0.2, 0) is 0 Å². The SMILES string of the molecule is O=C(Nc1ccc(B(O)O)cc1)c1ccncc1. The average molecular weight is 242 g/mol. The maximum atomic E-state index is 11.8. The molecule has 0 bridgehead atoms. The number of carbonyl (C=O) groups is 1. The van der Waals surface area contributed by atoms with Crippen LogP contribution in [0.1, 0.15) is 10.4 Å². The van der Waals surface area contributed by atoms with E-state index in [0.29, 0.717) is 16.7 Å². The van der Waals surface area contributed by atoms with Gasteiger partial charge in [0.15, 0.2) is 0 Å². The minimum absolute atomic E-state index is 0.241. The number of rotatable bonds is 3. The second-order valence-electron chi connectivity index (χ2n) is 3.69. The van der Waals surface area contributed by atoms with Crippen molar-refractivity contribution < 1.29 is 14.8 Å². The van der Waals surface area contributed by atoms with Crippen LogP contribution in [0.4, 0.5) is 5.69 Å². The maximum absolute atomic E-state index is 11.8. The smallest absolute Gasteiger partial charge is 0.423 e. The van der Waals surface area contributed by atoms with Crippen LogP contribution in [0.2, 0.25) is 0 Å². The number of pyridine rings is 1. The van der Waals surface area contributed by atoms with E-state index in [0.717, 1.165) is 0 Å². The highest BCUT2D eigenvalue weighted by atomic mass is 16.4. The molecule has 1 aromatic carbocycles. The first-order chi connectivity index (χ1) is 8.66. The van der Waals surface area contributed by atoms with Gasteiger partial charge in [0.05, 0.1) is 0 Å². The van der Waals surface area contributed by atoms with Crippen LogP contribution in [0.15, 0.2) is 48.8 Å². The number of nitrogens with one attached hydrogen (secondary N) is 1. The zero-order chi connectivity index (χ0) is 13.0. The molecule has 5 nitrogen and oxygen atoms in total. The van der Waals surface area contributed by atoms with Crippen molar-refractivity contribution in [3.63, 3.8) is 0 Å². The van der Waals surface area contributed by atoms with Crippen molar-refractivity contribution in [2.24, 2.45) is 0 Å². The van der Waals surface area contributed by atoms with E-state index in [2.05, 4.69) is 10.3 Å². The van der Waals surface area contributed by atoms with Crippen LogP contribution >= 0.6 is 0 Å². The first kappa shape index (κ1) is 12.3. The summed E-state index contributed by atoms with van der Waals surface area (Å²) >= 11 is 0. The number of benzene rings is 1. The van der Waals surface area contributed by atoms with Gasteiger partial charge in [-0.3, -0.25) is 9.78 Å². The Bertz CT molecular complexity index is 529. The molecule has 90 valence electrons. The Labute approximate surface area is 104 Å². The molecule has 0 aliphatic rings. The summed E-state index contributed by atoms with van der Waals surface area (Å²) in [7, 11) is -1.50. The van der Waals surface area contributed by atoms with E-state index in [1.54, 1.807) is 36.7 Å². The maximum Gasteiger partial charge on any atom is 0.488 e. The molecular weight excluding hydrogens is 231 g/mol. The van der Waals surface area contributed by atoms with E-state index in [4.69, 9.17) is 10.0 Å². The third-order valence-corrected chi connectivity index (χ3v) is 2.41. The second-order valence-corrected chi connectivity index (χ2v) is 3.69. The molecule has 0 saturated heterocycles. The molecule has 0 radical (unpaired) electrons. The minimum Gasteiger partial charge on any atom is -0.423 e. The van der Waals surface area contributed by atoms with Gasteiger partial charge in [-0.1, -0.05) is 12.1 Å². The Kier molecular flexibility index (Phi) is 3.71. The van der Waals surface area contributed by atoms with Crippen molar-refractivity contribution in [2.45, 2.75) is 0 Å². The largest absolute Gasteiger partial charge is 0.488 e. The van der Waals surface area contributed by atoms with E-state index in [1.807, 2.05) is 0 Å². The topological polar surface area (TPSA) is 82.5 Å². The Morgan fingerprint density at radius 3 is 2.22 bits per heavy atom. The summed E-state index contributed by atoms with van der Waals surface area (Å²) in [6.45, 7) is 0. The van der Waals surface area contributed by atoms with E-state index < -0.39 is 7.12 Å². The Balaban J connectivity index is 2.08. The number of carbonyl (C=O) groups excluding carboxylic acids is 1.